The zero-order valence-electron chi connectivity index (χ0n) is 21.5. The molecule has 3 aromatic rings. The van der Waals surface area contributed by atoms with Crippen LogP contribution < -0.4 is 15.2 Å². The van der Waals surface area contributed by atoms with Gasteiger partial charge in [-0.05, 0) is 23.8 Å². The first-order valence-corrected chi connectivity index (χ1v) is 14.2. The number of likely N-dealkylation sites (tertiary alicyclic amines) is 1. The van der Waals surface area contributed by atoms with Gasteiger partial charge in [-0.3, -0.25) is 19.3 Å². The van der Waals surface area contributed by atoms with E-state index in [9.17, 15) is 31.2 Å². The smallest absolute Gasteiger partial charge is 0.485 e. The number of carbonyl (C=O) groups is 2. The maximum Gasteiger partial charge on any atom is 0.573 e. The number of benzene rings is 1. The number of nitrogens with zero attached hydrogens (tertiary/aromatic N) is 4. The van der Waals surface area contributed by atoms with E-state index >= 15 is 4.39 Å². The maximum absolute atomic E-state index is 15.1. The number of hydrogen-bond donors (Lipinski definition) is 1. The summed E-state index contributed by atoms with van der Waals surface area (Å²) in [4.78, 5) is 30.3. The average Bonchev–Trinajstić information content (AvgIpc) is 3.32. The first-order chi connectivity index (χ1) is 19.2. The standard InChI is InChI=1S/C25H25F4N5O6S/c1-41(37,38)14-34-12-16(10-32-34)20-9-18(24(30)36)22(11-31-20)39-21-6-7-33(13-19(21)26)23(35)8-15-2-4-17(5-3-15)40-25(27,28)29/h2-5,9-12,19,21H,6-8,13-14H2,1H3,(H2,30,36). The second-order valence-electron chi connectivity index (χ2n) is 9.42. The Morgan fingerprint density at radius 2 is 1.88 bits per heavy atom. The molecule has 2 aromatic heterocycles. The quantitative estimate of drug-likeness (QED) is 0.369. The summed E-state index contributed by atoms with van der Waals surface area (Å²) in [6.45, 7) is -0.161. The van der Waals surface area contributed by atoms with E-state index in [1.54, 1.807) is 0 Å². The highest BCUT2D eigenvalue weighted by atomic mass is 32.2. The van der Waals surface area contributed by atoms with E-state index in [-0.39, 0.29) is 48.8 Å². The molecule has 1 aliphatic rings. The lowest BCUT2D eigenvalue weighted by molar-refractivity contribution is -0.274. The minimum atomic E-state index is -4.83. The van der Waals surface area contributed by atoms with Gasteiger partial charge in [0, 0.05) is 31.0 Å². The van der Waals surface area contributed by atoms with E-state index in [2.05, 4.69) is 14.8 Å². The normalized spacial score (nSPS) is 17.7. The van der Waals surface area contributed by atoms with E-state index in [0.29, 0.717) is 11.1 Å². The lowest BCUT2D eigenvalue weighted by atomic mass is 10.0. The van der Waals surface area contributed by atoms with E-state index in [1.165, 1.54) is 46.4 Å². The minimum absolute atomic E-state index is 0.0571. The molecule has 1 aromatic carbocycles. The largest absolute Gasteiger partial charge is 0.573 e. The summed E-state index contributed by atoms with van der Waals surface area (Å²) in [5.41, 5.74) is 6.54. The van der Waals surface area contributed by atoms with Crippen LogP contribution in [0.2, 0.25) is 0 Å². The molecule has 41 heavy (non-hydrogen) atoms. The third-order valence-electron chi connectivity index (χ3n) is 6.05. The topological polar surface area (TPSA) is 147 Å². The molecular weight excluding hydrogens is 574 g/mol. The number of aromatic nitrogens is 3. The number of amides is 2. The van der Waals surface area contributed by atoms with Gasteiger partial charge in [0.15, 0.2) is 21.8 Å². The molecule has 0 aliphatic carbocycles. The molecule has 2 N–H and O–H groups in total. The number of sulfone groups is 1. The Morgan fingerprint density at radius 3 is 2.49 bits per heavy atom. The van der Waals surface area contributed by atoms with Crippen LogP contribution in [0.3, 0.4) is 0 Å². The third-order valence-corrected chi connectivity index (χ3v) is 6.79. The van der Waals surface area contributed by atoms with E-state index in [1.807, 2.05) is 0 Å². The molecule has 4 rings (SSSR count). The lowest BCUT2D eigenvalue weighted by Crippen LogP contribution is -2.49. The molecule has 1 aliphatic heterocycles. The number of carbonyl (C=O) groups excluding carboxylic acids is 2. The highest BCUT2D eigenvalue weighted by Crippen LogP contribution is 2.28. The van der Waals surface area contributed by atoms with Gasteiger partial charge < -0.3 is 20.1 Å². The first kappa shape index (κ1) is 29.8. The average molecular weight is 600 g/mol. The zero-order valence-corrected chi connectivity index (χ0v) is 22.4. The minimum Gasteiger partial charge on any atom is -0.485 e. The second-order valence-corrected chi connectivity index (χ2v) is 11.5. The van der Waals surface area contributed by atoms with Crippen molar-refractivity contribution in [3.63, 3.8) is 0 Å². The van der Waals surface area contributed by atoms with Crippen molar-refractivity contribution in [3.8, 4) is 22.8 Å². The molecule has 2 unspecified atom stereocenters. The fourth-order valence-electron chi connectivity index (χ4n) is 4.19. The molecule has 0 bridgehead atoms. The summed E-state index contributed by atoms with van der Waals surface area (Å²) in [6, 6.07) is 6.15. The van der Waals surface area contributed by atoms with Crippen LogP contribution >= 0.6 is 0 Å². The van der Waals surface area contributed by atoms with Gasteiger partial charge in [0.1, 0.15) is 17.7 Å². The van der Waals surface area contributed by atoms with Crippen molar-refractivity contribution in [2.24, 2.45) is 5.73 Å². The lowest BCUT2D eigenvalue weighted by Gasteiger charge is -2.35. The Hall–Kier alpha value is -4.21. The number of pyridine rings is 1. The summed E-state index contributed by atoms with van der Waals surface area (Å²) in [7, 11) is -3.34. The summed E-state index contributed by atoms with van der Waals surface area (Å²) in [5, 5.41) is 3.96. The van der Waals surface area contributed by atoms with E-state index < -0.39 is 46.0 Å². The molecule has 1 saturated heterocycles. The first-order valence-electron chi connectivity index (χ1n) is 12.1. The van der Waals surface area contributed by atoms with Crippen molar-refractivity contribution in [2.45, 2.75) is 37.4 Å². The Morgan fingerprint density at radius 1 is 1.17 bits per heavy atom. The molecule has 3 heterocycles. The molecule has 2 amide bonds. The number of ether oxygens (including phenoxy) is 2. The van der Waals surface area contributed by atoms with Gasteiger partial charge in [-0.1, -0.05) is 12.1 Å². The van der Waals surface area contributed by atoms with Crippen LogP contribution in [0.1, 0.15) is 22.3 Å². The van der Waals surface area contributed by atoms with Crippen molar-refractivity contribution in [3.05, 3.63) is 60.0 Å². The Balaban J connectivity index is 1.38. The number of halogens is 4. The fraction of sp³-hybridized carbons (Fsp3) is 0.360. The van der Waals surface area contributed by atoms with Gasteiger partial charge in [-0.25, -0.2) is 12.8 Å². The van der Waals surface area contributed by atoms with E-state index in [4.69, 9.17) is 10.5 Å². The van der Waals surface area contributed by atoms with Gasteiger partial charge in [0.2, 0.25) is 5.91 Å². The highest BCUT2D eigenvalue weighted by Gasteiger charge is 2.34. The van der Waals surface area contributed by atoms with Gasteiger partial charge >= 0.3 is 6.36 Å². The molecule has 220 valence electrons. The number of piperidine rings is 1. The monoisotopic (exact) mass is 599 g/mol. The van der Waals surface area contributed by atoms with Crippen LogP contribution in [0.25, 0.3) is 11.3 Å². The maximum atomic E-state index is 15.1. The molecule has 0 radical (unpaired) electrons. The molecule has 0 saturated carbocycles. The Labute approximate surface area is 231 Å². The van der Waals surface area contributed by atoms with Crippen LogP contribution in [0.4, 0.5) is 17.6 Å². The van der Waals surface area contributed by atoms with Crippen LogP contribution in [0.15, 0.2) is 48.9 Å². The summed E-state index contributed by atoms with van der Waals surface area (Å²) in [6.07, 6.45) is -2.46. The molecule has 16 heteroatoms. The van der Waals surface area contributed by atoms with Crippen molar-refractivity contribution in [2.75, 3.05) is 19.3 Å². The fourth-order valence-corrected chi connectivity index (χ4v) is 4.82. The van der Waals surface area contributed by atoms with Gasteiger partial charge in [0.25, 0.3) is 5.91 Å². The predicted octanol–water partition coefficient (Wildman–Crippen LogP) is 2.51. The van der Waals surface area contributed by atoms with Crippen molar-refractivity contribution < 1.29 is 45.0 Å². The van der Waals surface area contributed by atoms with Gasteiger partial charge in [0.05, 0.1) is 36.6 Å². The summed E-state index contributed by atoms with van der Waals surface area (Å²) in [5.74, 6) is -2.11. The molecule has 0 spiro atoms. The Bertz CT molecular complexity index is 1530. The van der Waals surface area contributed by atoms with Crippen LogP contribution in [0, 0.1) is 0 Å². The number of alkyl halides is 4. The predicted molar refractivity (Wildman–Crippen MR) is 136 cm³/mol. The zero-order chi connectivity index (χ0) is 29.9. The number of nitrogens with two attached hydrogens (primary N) is 1. The van der Waals surface area contributed by atoms with Crippen LogP contribution in [-0.2, 0) is 26.9 Å². The highest BCUT2D eigenvalue weighted by molar-refractivity contribution is 7.89. The molecule has 11 nitrogen and oxygen atoms in total. The Kier molecular flexibility index (Phi) is 8.51. The van der Waals surface area contributed by atoms with Crippen LogP contribution in [-0.4, -0.2) is 77.9 Å². The van der Waals surface area contributed by atoms with Crippen molar-refractivity contribution in [1.29, 1.82) is 0 Å². The number of rotatable bonds is 9. The number of hydrogen-bond acceptors (Lipinski definition) is 8. The summed E-state index contributed by atoms with van der Waals surface area (Å²) < 4.78 is 85.8. The van der Waals surface area contributed by atoms with Crippen LogP contribution in [0.5, 0.6) is 11.5 Å². The third kappa shape index (κ3) is 8.15. The SMILES string of the molecule is CS(=O)(=O)Cn1cc(-c2cc(C(N)=O)c(OC3CCN(C(=O)Cc4ccc(OC(F)(F)F)cc4)CC3F)cn2)cn1. The molecule has 2 atom stereocenters. The number of primary amides is 1. The van der Waals surface area contributed by atoms with Gasteiger partial charge in [-0.15, -0.1) is 13.2 Å². The second kappa shape index (κ2) is 11.7. The molecule has 1 fully saturated rings. The van der Waals surface area contributed by atoms with Crippen molar-refractivity contribution in [1.82, 2.24) is 19.7 Å². The summed E-state index contributed by atoms with van der Waals surface area (Å²) >= 11 is 0. The van der Waals surface area contributed by atoms with Crippen molar-refractivity contribution >= 4 is 21.7 Å². The van der Waals surface area contributed by atoms with Gasteiger partial charge in [-0.2, -0.15) is 5.10 Å². The van der Waals surface area contributed by atoms with E-state index in [0.717, 1.165) is 18.4 Å². The molecular formula is C25H25F4N5O6S.